The van der Waals surface area contributed by atoms with Gasteiger partial charge in [-0.05, 0) is 25.1 Å². The van der Waals surface area contributed by atoms with E-state index in [1.165, 1.54) is 0 Å². The van der Waals surface area contributed by atoms with E-state index in [9.17, 15) is 4.21 Å². The molecular weight excluding hydrogens is 210 g/mol. The van der Waals surface area contributed by atoms with Gasteiger partial charge in [-0.1, -0.05) is 6.07 Å². The summed E-state index contributed by atoms with van der Waals surface area (Å²) in [6.07, 6.45) is 0. The first-order valence-electron chi connectivity index (χ1n) is 4.59. The van der Waals surface area contributed by atoms with E-state index in [0.717, 1.165) is 0 Å². The van der Waals surface area contributed by atoms with Crippen molar-refractivity contribution in [3.63, 3.8) is 0 Å². The molecule has 15 heavy (non-hydrogen) atoms. The van der Waals surface area contributed by atoms with Gasteiger partial charge in [-0.2, -0.15) is 5.26 Å². The second kappa shape index (κ2) is 5.52. The predicted molar refractivity (Wildman–Crippen MR) is 59.0 cm³/mol. The number of rotatable bonds is 4. The number of nitrogens with zero attached hydrogens (tertiary/aromatic N) is 1. The maximum Gasteiger partial charge on any atom is 0.120 e. The lowest BCUT2D eigenvalue weighted by Gasteiger charge is -2.05. The molecule has 0 aromatic heterocycles. The zero-order chi connectivity index (χ0) is 11.3. The number of hydrogen-bond donors (Lipinski definition) is 0. The Labute approximate surface area is 92.1 Å². The monoisotopic (exact) mass is 223 g/mol. The Balaban J connectivity index is 2.78. The van der Waals surface area contributed by atoms with Gasteiger partial charge in [0, 0.05) is 10.6 Å². The summed E-state index contributed by atoms with van der Waals surface area (Å²) in [5.41, 5.74) is 0. The lowest BCUT2D eigenvalue weighted by molar-refractivity contribution is 0.413. The highest BCUT2D eigenvalue weighted by atomic mass is 32.2. The van der Waals surface area contributed by atoms with Crippen LogP contribution < -0.4 is 4.74 Å². The van der Waals surface area contributed by atoms with Crippen LogP contribution in [0, 0.1) is 17.2 Å². The molecule has 0 saturated heterocycles. The third-order valence-corrected chi connectivity index (χ3v) is 3.51. The molecule has 0 amide bonds. The molecule has 2 unspecified atom stereocenters. The van der Waals surface area contributed by atoms with E-state index in [1.54, 1.807) is 38.3 Å². The number of ether oxygens (including phenoxy) is 1. The summed E-state index contributed by atoms with van der Waals surface area (Å²) in [6.45, 7) is 1.76. The van der Waals surface area contributed by atoms with Gasteiger partial charge in [-0.3, -0.25) is 4.21 Å². The first-order chi connectivity index (χ1) is 7.17. The van der Waals surface area contributed by atoms with Gasteiger partial charge in [0.05, 0.1) is 29.9 Å². The topological polar surface area (TPSA) is 50.1 Å². The van der Waals surface area contributed by atoms with E-state index < -0.39 is 10.8 Å². The van der Waals surface area contributed by atoms with Crippen molar-refractivity contribution in [3.8, 4) is 11.8 Å². The maximum absolute atomic E-state index is 11.8. The van der Waals surface area contributed by atoms with Crippen LogP contribution in [-0.2, 0) is 10.8 Å². The lowest BCUT2D eigenvalue weighted by atomic mass is 10.3. The van der Waals surface area contributed by atoms with Gasteiger partial charge in [-0.25, -0.2) is 0 Å². The summed E-state index contributed by atoms with van der Waals surface area (Å²) in [4.78, 5) is 0.705. The van der Waals surface area contributed by atoms with Crippen molar-refractivity contribution in [1.29, 1.82) is 5.26 Å². The molecule has 0 saturated carbocycles. The predicted octanol–water partition coefficient (Wildman–Crippen LogP) is 1.96. The summed E-state index contributed by atoms with van der Waals surface area (Å²) >= 11 is 0. The molecule has 0 aliphatic carbocycles. The van der Waals surface area contributed by atoms with Crippen molar-refractivity contribution in [3.05, 3.63) is 24.3 Å². The van der Waals surface area contributed by atoms with Crippen molar-refractivity contribution in [2.75, 3.05) is 12.9 Å². The summed E-state index contributed by atoms with van der Waals surface area (Å²) in [6, 6.07) is 9.18. The van der Waals surface area contributed by atoms with Crippen LogP contribution in [0.4, 0.5) is 0 Å². The largest absolute Gasteiger partial charge is 0.497 e. The van der Waals surface area contributed by atoms with Crippen molar-refractivity contribution in [1.82, 2.24) is 0 Å². The first kappa shape index (κ1) is 11.7. The van der Waals surface area contributed by atoms with E-state index in [2.05, 4.69) is 6.07 Å². The number of methoxy groups -OCH3 is 1. The Hall–Kier alpha value is -1.34. The van der Waals surface area contributed by atoms with Crippen LogP contribution in [0.15, 0.2) is 29.2 Å². The van der Waals surface area contributed by atoms with E-state index >= 15 is 0 Å². The standard InChI is InChI=1S/C11H13NO2S/c1-9(7-12)8-15(13)11-5-3-4-10(6-11)14-2/h3-6,9H,8H2,1-2H3. The van der Waals surface area contributed by atoms with Gasteiger partial charge in [0.25, 0.3) is 0 Å². The fourth-order valence-corrected chi connectivity index (χ4v) is 2.30. The second-order valence-electron chi connectivity index (χ2n) is 3.22. The minimum Gasteiger partial charge on any atom is -0.497 e. The molecule has 0 spiro atoms. The molecule has 1 aromatic carbocycles. The first-order valence-corrected chi connectivity index (χ1v) is 5.91. The average molecular weight is 223 g/mol. The molecule has 80 valence electrons. The van der Waals surface area contributed by atoms with Crippen LogP contribution in [0.25, 0.3) is 0 Å². The summed E-state index contributed by atoms with van der Waals surface area (Å²) in [5.74, 6) is 0.853. The Kier molecular flexibility index (Phi) is 4.32. The Morgan fingerprint density at radius 1 is 1.60 bits per heavy atom. The minimum absolute atomic E-state index is 0.197. The van der Waals surface area contributed by atoms with Crippen LogP contribution in [0.5, 0.6) is 5.75 Å². The van der Waals surface area contributed by atoms with Gasteiger partial charge in [0.1, 0.15) is 5.75 Å². The molecule has 0 aliphatic heterocycles. The molecule has 4 heteroatoms. The molecule has 2 atom stereocenters. The van der Waals surface area contributed by atoms with Gasteiger partial charge in [0.2, 0.25) is 0 Å². The molecule has 0 bridgehead atoms. The Bertz CT molecular complexity index is 398. The van der Waals surface area contributed by atoms with Gasteiger partial charge >= 0.3 is 0 Å². The number of hydrogen-bond acceptors (Lipinski definition) is 3. The van der Waals surface area contributed by atoms with E-state index in [0.29, 0.717) is 16.4 Å². The maximum atomic E-state index is 11.8. The molecule has 0 N–H and O–H groups in total. The molecule has 0 fully saturated rings. The average Bonchev–Trinajstić information content (AvgIpc) is 2.28. The quantitative estimate of drug-likeness (QED) is 0.784. The highest BCUT2D eigenvalue weighted by Crippen LogP contribution is 2.16. The molecule has 0 radical (unpaired) electrons. The SMILES string of the molecule is COc1cccc(S(=O)CC(C)C#N)c1. The normalized spacial score (nSPS) is 13.9. The molecule has 1 aromatic rings. The summed E-state index contributed by atoms with van der Waals surface area (Å²) in [5, 5.41) is 8.62. The molecular formula is C11H13NO2S. The van der Waals surface area contributed by atoms with Crippen molar-refractivity contribution < 1.29 is 8.95 Å². The van der Waals surface area contributed by atoms with Crippen molar-refractivity contribution in [2.45, 2.75) is 11.8 Å². The zero-order valence-electron chi connectivity index (χ0n) is 8.77. The van der Waals surface area contributed by atoms with E-state index in [-0.39, 0.29) is 5.92 Å². The second-order valence-corrected chi connectivity index (χ2v) is 4.72. The minimum atomic E-state index is -1.13. The van der Waals surface area contributed by atoms with E-state index in [1.807, 2.05) is 0 Å². The molecule has 3 nitrogen and oxygen atoms in total. The van der Waals surface area contributed by atoms with Gasteiger partial charge in [-0.15, -0.1) is 0 Å². The van der Waals surface area contributed by atoms with Crippen molar-refractivity contribution >= 4 is 10.8 Å². The van der Waals surface area contributed by atoms with E-state index in [4.69, 9.17) is 10.00 Å². The fraction of sp³-hybridized carbons (Fsp3) is 0.364. The molecule has 0 heterocycles. The smallest absolute Gasteiger partial charge is 0.120 e. The van der Waals surface area contributed by atoms with Gasteiger partial charge < -0.3 is 4.74 Å². The van der Waals surface area contributed by atoms with Crippen LogP contribution in [0.2, 0.25) is 0 Å². The third kappa shape index (κ3) is 3.37. The summed E-state index contributed by atoms with van der Waals surface area (Å²) < 4.78 is 16.8. The number of nitriles is 1. The van der Waals surface area contributed by atoms with Gasteiger partial charge in [0.15, 0.2) is 0 Å². The summed E-state index contributed by atoms with van der Waals surface area (Å²) in [7, 11) is 0.442. The molecule has 0 aliphatic rings. The fourth-order valence-electron chi connectivity index (χ4n) is 1.10. The van der Waals surface area contributed by atoms with Crippen LogP contribution >= 0.6 is 0 Å². The molecule has 1 rings (SSSR count). The Morgan fingerprint density at radius 2 is 2.33 bits per heavy atom. The Morgan fingerprint density at radius 3 is 2.93 bits per heavy atom. The highest BCUT2D eigenvalue weighted by molar-refractivity contribution is 7.85. The third-order valence-electron chi connectivity index (χ3n) is 1.93. The number of benzene rings is 1. The zero-order valence-corrected chi connectivity index (χ0v) is 9.58. The highest BCUT2D eigenvalue weighted by Gasteiger charge is 2.09. The van der Waals surface area contributed by atoms with Crippen LogP contribution in [0.3, 0.4) is 0 Å². The van der Waals surface area contributed by atoms with Crippen LogP contribution in [0.1, 0.15) is 6.92 Å². The van der Waals surface area contributed by atoms with Crippen molar-refractivity contribution in [2.24, 2.45) is 5.92 Å². The lowest BCUT2D eigenvalue weighted by Crippen LogP contribution is -2.06. The van der Waals surface area contributed by atoms with Crippen LogP contribution in [-0.4, -0.2) is 17.1 Å².